The van der Waals surface area contributed by atoms with Gasteiger partial charge >= 0.3 is 0 Å². The van der Waals surface area contributed by atoms with Gasteiger partial charge in [0.1, 0.15) is 17.8 Å². The van der Waals surface area contributed by atoms with Crippen LogP contribution in [0.4, 0.5) is 5.82 Å². The number of likely N-dealkylation sites (tertiary alicyclic amines) is 2. The Morgan fingerprint density at radius 3 is 2.64 bits per heavy atom. The zero-order valence-corrected chi connectivity index (χ0v) is 19.4. The number of hydrogen-bond acceptors (Lipinski definition) is 7. The van der Waals surface area contributed by atoms with E-state index in [1.807, 2.05) is 0 Å². The fourth-order valence-corrected chi connectivity index (χ4v) is 5.41. The SMILES string of the molecule is CN1CCC(Nc2cc(C(=O)N3CC[C@@H](N4CCc5ccccc5C4)[C@H](O)C3)ncn2)CC1. The van der Waals surface area contributed by atoms with Crippen LogP contribution in [0.5, 0.6) is 0 Å². The smallest absolute Gasteiger partial charge is 0.272 e. The second-order valence-electron chi connectivity index (χ2n) is 9.67. The van der Waals surface area contributed by atoms with E-state index in [1.54, 1.807) is 11.0 Å². The van der Waals surface area contributed by atoms with Crippen LogP contribution in [0.15, 0.2) is 36.7 Å². The number of benzene rings is 1. The van der Waals surface area contributed by atoms with Crippen LogP contribution in [-0.2, 0) is 13.0 Å². The van der Waals surface area contributed by atoms with E-state index in [4.69, 9.17) is 0 Å². The Morgan fingerprint density at radius 1 is 1.06 bits per heavy atom. The second kappa shape index (κ2) is 9.75. The predicted octanol–water partition coefficient (Wildman–Crippen LogP) is 1.62. The molecule has 8 heteroatoms. The predicted molar refractivity (Wildman–Crippen MR) is 127 cm³/mol. The quantitative estimate of drug-likeness (QED) is 0.732. The molecule has 2 saturated heterocycles. The van der Waals surface area contributed by atoms with Crippen molar-refractivity contribution in [2.24, 2.45) is 0 Å². The van der Waals surface area contributed by atoms with Crippen molar-refractivity contribution in [1.82, 2.24) is 24.7 Å². The van der Waals surface area contributed by atoms with Gasteiger partial charge in [0.25, 0.3) is 5.91 Å². The van der Waals surface area contributed by atoms with E-state index in [-0.39, 0.29) is 11.9 Å². The third-order valence-corrected chi connectivity index (χ3v) is 7.42. The van der Waals surface area contributed by atoms with E-state index in [9.17, 15) is 9.90 Å². The maximum absolute atomic E-state index is 13.2. The highest BCUT2D eigenvalue weighted by atomic mass is 16.3. The fourth-order valence-electron chi connectivity index (χ4n) is 5.41. The number of amides is 1. The van der Waals surface area contributed by atoms with Gasteiger partial charge in [0.05, 0.1) is 6.10 Å². The van der Waals surface area contributed by atoms with Gasteiger partial charge in [0, 0.05) is 44.3 Å². The van der Waals surface area contributed by atoms with Gasteiger partial charge in [0.15, 0.2) is 0 Å². The van der Waals surface area contributed by atoms with Gasteiger partial charge in [-0.05, 0) is 56.9 Å². The molecule has 5 rings (SSSR count). The topological polar surface area (TPSA) is 84.8 Å². The molecule has 0 unspecified atom stereocenters. The van der Waals surface area contributed by atoms with E-state index in [0.29, 0.717) is 30.6 Å². The van der Waals surface area contributed by atoms with Crippen molar-refractivity contribution >= 4 is 11.7 Å². The minimum atomic E-state index is -0.563. The number of piperidine rings is 2. The van der Waals surface area contributed by atoms with Gasteiger partial charge in [-0.25, -0.2) is 9.97 Å². The van der Waals surface area contributed by atoms with Crippen molar-refractivity contribution in [3.8, 4) is 0 Å². The molecule has 0 radical (unpaired) electrons. The molecule has 1 aromatic heterocycles. The summed E-state index contributed by atoms with van der Waals surface area (Å²) in [6, 6.07) is 10.7. The molecule has 2 aromatic rings. The first-order chi connectivity index (χ1) is 16.1. The number of aromatic nitrogens is 2. The number of nitrogens with zero attached hydrogens (tertiary/aromatic N) is 5. The summed E-state index contributed by atoms with van der Waals surface area (Å²) in [5, 5.41) is 14.4. The summed E-state index contributed by atoms with van der Waals surface area (Å²) >= 11 is 0. The Labute approximate surface area is 195 Å². The van der Waals surface area contributed by atoms with Crippen LogP contribution in [0.25, 0.3) is 0 Å². The Kier molecular flexibility index (Phi) is 6.57. The monoisotopic (exact) mass is 450 g/mol. The molecule has 0 aliphatic carbocycles. The molecule has 3 aliphatic heterocycles. The van der Waals surface area contributed by atoms with Crippen molar-refractivity contribution in [3.05, 3.63) is 53.5 Å². The van der Waals surface area contributed by atoms with E-state index < -0.39 is 6.10 Å². The lowest BCUT2D eigenvalue weighted by Gasteiger charge is -2.43. The summed E-state index contributed by atoms with van der Waals surface area (Å²) in [5.41, 5.74) is 3.14. The number of aliphatic hydroxyl groups is 1. The number of fused-ring (bicyclic) bond motifs is 1. The number of hydrogen-bond donors (Lipinski definition) is 2. The lowest BCUT2D eigenvalue weighted by Crippen LogP contribution is -2.56. The number of rotatable bonds is 4. The number of aliphatic hydroxyl groups excluding tert-OH is 1. The Morgan fingerprint density at radius 2 is 1.85 bits per heavy atom. The van der Waals surface area contributed by atoms with Gasteiger partial charge in [-0.3, -0.25) is 9.69 Å². The van der Waals surface area contributed by atoms with Crippen molar-refractivity contribution < 1.29 is 9.90 Å². The fraction of sp³-hybridized carbons (Fsp3) is 0.560. The molecule has 0 saturated carbocycles. The molecule has 176 valence electrons. The highest BCUT2D eigenvalue weighted by Gasteiger charge is 2.35. The molecule has 2 fully saturated rings. The summed E-state index contributed by atoms with van der Waals surface area (Å²) in [6.07, 6.45) is 4.79. The maximum Gasteiger partial charge on any atom is 0.272 e. The zero-order valence-electron chi connectivity index (χ0n) is 19.4. The van der Waals surface area contributed by atoms with Gasteiger partial charge in [-0.1, -0.05) is 24.3 Å². The third-order valence-electron chi connectivity index (χ3n) is 7.42. The van der Waals surface area contributed by atoms with E-state index in [2.05, 4.69) is 56.4 Å². The van der Waals surface area contributed by atoms with Crippen molar-refractivity contribution in [2.75, 3.05) is 45.1 Å². The first-order valence-electron chi connectivity index (χ1n) is 12.1. The standard InChI is InChI=1S/C25H34N6O2/c1-29-10-7-20(8-11-29)28-24-14-21(26-17-27-24)25(33)31-13-9-22(23(32)16-31)30-12-6-18-4-2-3-5-19(18)15-30/h2-5,14,17,20,22-23,32H,6-13,15-16H2,1H3,(H,26,27,28)/t22-,23-/m1/s1. The molecule has 8 nitrogen and oxygen atoms in total. The minimum Gasteiger partial charge on any atom is -0.390 e. The summed E-state index contributed by atoms with van der Waals surface area (Å²) in [5.74, 6) is 0.565. The van der Waals surface area contributed by atoms with Crippen LogP contribution in [0.3, 0.4) is 0 Å². The van der Waals surface area contributed by atoms with E-state index in [1.165, 1.54) is 17.5 Å². The van der Waals surface area contributed by atoms with Crippen LogP contribution in [0.1, 0.15) is 40.9 Å². The zero-order chi connectivity index (χ0) is 22.8. The minimum absolute atomic E-state index is 0.0782. The molecule has 33 heavy (non-hydrogen) atoms. The number of nitrogens with one attached hydrogen (secondary N) is 1. The Balaban J connectivity index is 1.19. The molecule has 4 heterocycles. The van der Waals surface area contributed by atoms with Crippen molar-refractivity contribution in [1.29, 1.82) is 0 Å². The number of β-amino-alcohol motifs (C(OH)–C–C–N with tert-alkyl or cyclic N) is 1. The molecule has 2 atom stereocenters. The molecule has 1 amide bonds. The van der Waals surface area contributed by atoms with Crippen molar-refractivity contribution in [3.63, 3.8) is 0 Å². The van der Waals surface area contributed by atoms with Gasteiger partial charge in [-0.15, -0.1) is 0 Å². The number of carbonyl (C=O) groups excluding carboxylic acids is 1. The largest absolute Gasteiger partial charge is 0.390 e. The second-order valence-corrected chi connectivity index (χ2v) is 9.67. The third kappa shape index (κ3) is 5.03. The summed E-state index contributed by atoms with van der Waals surface area (Å²) in [6.45, 7) is 4.89. The highest BCUT2D eigenvalue weighted by Crippen LogP contribution is 2.26. The molecule has 0 bridgehead atoms. The van der Waals surface area contributed by atoms with E-state index >= 15 is 0 Å². The molecular formula is C25H34N6O2. The van der Waals surface area contributed by atoms with E-state index in [0.717, 1.165) is 51.9 Å². The lowest BCUT2D eigenvalue weighted by atomic mass is 9.94. The van der Waals surface area contributed by atoms with Crippen LogP contribution < -0.4 is 5.32 Å². The highest BCUT2D eigenvalue weighted by molar-refractivity contribution is 5.93. The Bertz CT molecular complexity index is 977. The molecule has 0 spiro atoms. The molecule has 2 N–H and O–H groups in total. The maximum atomic E-state index is 13.2. The normalized spacial score (nSPS) is 25.0. The first-order valence-corrected chi connectivity index (χ1v) is 12.1. The van der Waals surface area contributed by atoms with Crippen LogP contribution in [-0.4, -0.2) is 93.6 Å². The average molecular weight is 451 g/mol. The molecular weight excluding hydrogens is 416 g/mol. The van der Waals surface area contributed by atoms with Crippen molar-refractivity contribution in [2.45, 2.75) is 50.4 Å². The van der Waals surface area contributed by atoms with Crippen LogP contribution in [0.2, 0.25) is 0 Å². The molecule has 3 aliphatic rings. The lowest BCUT2D eigenvalue weighted by molar-refractivity contribution is -0.0139. The Hall–Kier alpha value is -2.55. The molecule has 1 aromatic carbocycles. The number of anilines is 1. The summed E-state index contributed by atoms with van der Waals surface area (Å²) in [7, 11) is 2.14. The van der Waals surface area contributed by atoms with Crippen LogP contribution >= 0.6 is 0 Å². The van der Waals surface area contributed by atoms with Gasteiger partial charge < -0.3 is 20.2 Å². The first kappa shape index (κ1) is 22.3. The average Bonchev–Trinajstić information content (AvgIpc) is 2.85. The number of carbonyl (C=O) groups is 1. The van der Waals surface area contributed by atoms with Crippen LogP contribution in [0, 0.1) is 0 Å². The van der Waals surface area contributed by atoms with Gasteiger partial charge in [-0.2, -0.15) is 0 Å². The van der Waals surface area contributed by atoms with Gasteiger partial charge in [0.2, 0.25) is 0 Å². The summed E-state index contributed by atoms with van der Waals surface area (Å²) < 4.78 is 0. The summed E-state index contributed by atoms with van der Waals surface area (Å²) in [4.78, 5) is 28.2.